The van der Waals surface area contributed by atoms with E-state index >= 15 is 0 Å². The van der Waals surface area contributed by atoms with E-state index in [9.17, 15) is 4.79 Å². The quantitative estimate of drug-likeness (QED) is 0.806. The minimum absolute atomic E-state index is 0.176. The molecular formula is C16H16N4O2S. The standard InChI is InChI=1S/C16H16N4O2S/c1-11-15(23-10-19-11)16(21)22-13-3-2-6-20(9-13)14-7-12(8-17)4-5-18-14/h4-5,7,10,13H,2-3,6,9H2,1H3/t13-/m0/s1. The number of rotatable bonds is 3. The van der Waals surface area contributed by atoms with Crippen LogP contribution in [0, 0.1) is 18.3 Å². The van der Waals surface area contributed by atoms with Crippen LogP contribution in [0.3, 0.4) is 0 Å². The van der Waals surface area contributed by atoms with E-state index in [1.807, 2.05) is 0 Å². The Labute approximate surface area is 138 Å². The first-order valence-electron chi connectivity index (χ1n) is 7.39. The minimum atomic E-state index is -0.310. The zero-order chi connectivity index (χ0) is 16.2. The summed E-state index contributed by atoms with van der Waals surface area (Å²) in [5.74, 6) is 0.439. The zero-order valence-corrected chi connectivity index (χ0v) is 13.5. The van der Waals surface area contributed by atoms with Crippen LogP contribution in [0.4, 0.5) is 5.82 Å². The van der Waals surface area contributed by atoms with Crippen LogP contribution in [0.1, 0.15) is 33.8 Å². The number of hydrogen-bond acceptors (Lipinski definition) is 7. The predicted octanol–water partition coefficient (Wildman–Crippen LogP) is 2.54. The van der Waals surface area contributed by atoms with E-state index < -0.39 is 0 Å². The highest BCUT2D eigenvalue weighted by Gasteiger charge is 2.25. The first kappa shape index (κ1) is 15.4. The minimum Gasteiger partial charge on any atom is -0.456 e. The molecule has 3 heterocycles. The largest absolute Gasteiger partial charge is 0.456 e. The third-order valence-corrected chi connectivity index (χ3v) is 4.69. The maximum Gasteiger partial charge on any atom is 0.350 e. The Morgan fingerprint density at radius 1 is 1.52 bits per heavy atom. The Balaban J connectivity index is 1.67. The van der Waals surface area contributed by atoms with Crippen molar-refractivity contribution in [3.05, 3.63) is 40.0 Å². The van der Waals surface area contributed by atoms with E-state index in [-0.39, 0.29) is 12.1 Å². The van der Waals surface area contributed by atoms with Gasteiger partial charge in [0.25, 0.3) is 0 Å². The van der Waals surface area contributed by atoms with Gasteiger partial charge in [0.2, 0.25) is 0 Å². The molecule has 6 nitrogen and oxygen atoms in total. The van der Waals surface area contributed by atoms with Gasteiger partial charge in [-0.1, -0.05) is 0 Å². The lowest BCUT2D eigenvalue weighted by molar-refractivity contribution is 0.0274. The Kier molecular flexibility index (Phi) is 4.53. The number of ether oxygens (including phenoxy) is 1. The number of pyridine rings is 1. The second kappa shape index (κ2) is 6.75. The molecule has 0 bridgehead atoms. The van der Waals surface area contributed by atoms with Crippen LogP contribution in [0.2, 0.25) is 0 Å². The van der Waals surface area contributed by atoms with Crippen molar-refractivity contribution in [1.82, 2.24) is 9.97 Å². The number of anilines is 1. The highest BCUT2D eigenvalue weighted by Crippen LogP contribution is 2.22. The molecule has 0 saturated carbocycles. The number of aryl methyl sites for hydroxylation is 1. The lowest BCUT2D eigenvalue weighted by Gasteiger charge is -2.33. The average molecular weight is 328 g/mol. The molecule has 0 spiro atoms. The molecule has 7 heteroatoms. The number of piperidine rings is 1. The normalized spacial score (nSPS) is 17.6. The maximum atomic E-state index is 12.2. The van der Waals surface area contributed by atoms with Gasteiger partial charge in [-0.2, -0.15) is 5.26 Å². The van der Waals surface area contributed by atoms with Gasteiger partial charge in [0.1, 0.15) is 16.8 Å². The van der Waals surface area contributed by atoms with Gasteiger partial charge in [0, 0.05) is 12.7 Å². The van der Waals surface area contributed by atoms with Crippen molar-refractivity contribution in [2.24, 2.45) is 0 Å². The van der Waals surface area contributed by atoms with Crippen LogP contribution < -0.4 is 4.90 Å². The molecule has 0 aliphatic carbocycles. The number of nitriles is 1. The van der Waals surface area contributed by atoms with Crippen LogP contribution in [0.15, 0.2) is 23.8 Å². The highest BCUT2D eigenvalue weighted by atomic mass is 32.1. The number of carbonyl (C=O) groups excluding carboxylic acids is 1. The SMILES string of the molecule is Cc1ncsc1C(=O)O[C@H]1CCCN(c2cc(C#N)ccn2)C1. The summed E-state index contributed by atoms with van der Waals surface area (Å²) in [7, 11) is 0. The van der Waals surface area contributed by atoms with Gasteiger partial charge in [-0.25, -0.2) is 14.8 Å². The van der Waals surface area contributed by atoms with E-state index in [0.717, 1.165) is 25.2 Å². The summed E-state index contributed by atoms with van der Waals surface area (Å²) in [6.45, 7) is 3.23. The molecule has 0 aromatic carbocycles. The molecule has 0 amide bonds. The maximum absolute atomic E-state index is 12.2. The number of nitrogens with zero attached hydrogens (tertiary/aromatic N) is 4. The van der Waals surface area contributed by atoms with Crippen LogP contribution >= 0.6 is 11.3 Å². The molecule has 3 rings (SSSR count). The number of hydrogen-bond donors (Lipinski definition) is 0. The smallest absolute Gasteiger partial charge is 0.350 e. The first-order valence-corrected chi connectivity index (χ1v) is 8.27. The van der Waals surface area contributed by atoms with Gasteiger partial charge < -0.3 is 9.64 Å². The van der Waals surface area contributed by atoms with Gasteiger partial charge in [0.05, 0.1) is 29.4 Å². The van der Waals surface area contributed by atoms with Crippen LogP contribution in [-0.4, -0.2) is 35.1 Å². The third-order valence-electron chi connectivity index (χ3n) is 3.78. The van der Waals surface area contributed by atoms with Crippen molar-refractivity contribution >= 4 is 23.1 Å². The molecule has 0 unspecified atom stereocenters. The van der Waals surface area contributed by atoms with E-state index in [1.54, 1.807) is 30.8 Å². The first-order chi connectivity index (χ1) is 11.2. The average Bonchev–Trinajstić information content (AvgIpc) is 3.01. The topological polar surface area (TPSA) is 79.1 Å². The zero-order valence-electron chi connectivity index (χ0n) is 12.7. The summed E-state index contributed by atoms with van der Waals surface area (Å²) in [6, 6.07) is 5.56. The molecule has 2 aromatic heterocycles. The van der Waals surface area contributed by atoms with E-state index in [4.69, 9.17) is 10.00 Å². The molecule has 0 N–H and O–H groups in total. The summed E-state index contributed by atoms with van der Waals surface area (Å²) in [4.78, 5) is 23.2. The Morgan fingerprint density at radius 3 is 3.13 bits per heavy atom. The van der Waals surface area contributed by atoms with Gasteiger partial charge >= 0.3 is 5.97 Å². The summed E-state index contributed by atoms with van der Waals surface area (Å²) in [6.07, 6.45) is 3.20. The van der Waals surface area contributed by atoms with E-state index in [2.05, 4.69) is 20.9 Å². The number of thiazole rings is 1. The van der Waals surface area contributed by atoms with Gasteiger partial charge in [-0.3, -0.25) is 0 Å². The number of aromatic nitrogens is 2. The molecule has 1 atom stereocenters. The highest BCUT2D eigenvalue weighted by molar-refractivity contribution is 7.11. The van der Waals surface area contributed by atoms with Crippen molar-refractivity contribution in [2.75, 3.05) is 18.0 Å². The fraction of sp³-hybridized carbons (Fsp3) is 0.375. The second-order valence-electron chi connectivity index (χ2n) is 5.40. The summed E-state index contributed by atoms with van der Waals surface area (Å²) < 4.78 is 5.62. The molecule has 1 fully saturated rings. The van der Waals surface area contributed by atoms with Gasteiger partial charge in [-0.05, 0) is 31.9 Å². The number of esters is 1. The van der Waals surface area contributed by atoms with Gasteiger partial charge in [-0.15, -0.1) is 11.3 Å². The summed E-state index contributed by atoms with van der Waals surface area (Å²) in [5.41, 5.74) is 2.93. The van der Waals surface area contributed by atoms with Gasteiger partial charge in [0.15, 0.2) is 0 Å². The fourth-order valence-corrected chi connectivity index (χ4v) is 3.29. The van der Waals surface area contributed by atoms with E-state index in [0.29, 0.717) is 22.7 Å². The van der Waals surface area contributed by atoms with Crippen molar-refractivity contribution in [1.29, 1.82) is 5.26 Å². The predicted molar refractivity (Wildman–Crippen MR) is 86.5 cm³/mol. The Hall–Kier alpha value is -2.46. The molecule has 1 aliphatic heterocycles. The number of carbonyl (C=O) groups is 1. The van der Waals surface area contributed by atoms with Crippen LogP contribution in [0.25, 0.3) is 0 Å². The van der Waals surface area contributed by atoms with E-state index in [1.165, 1.54) is 11.3 Å². The Bertz CT molecular complexity index is 753. The van der Waals surface area contributed by atoms with Crippen LogP contribution in [0.5, 0.6) is 0 Å². The fourth-order valence-electron chi connectivity index (χ4n) is 2.61. The third kappa shape index (κ3) is 3.48. The molecular weight excluding hydrogens is 312 g/mol. The van der Waals surface area contributed by atoms with Crippen molar-refractivity contribution in [3.63, 3.8) is 0 Å². The molecule has 118 valence electrons. The molecule has 1 aliphatic rings. The Morgan fingerprint density at radius 2 is 2.39 bits per heavy atom. The van der Waals surface area contributed by atoms with Crippen molar-refractivity contribution in [2.45, 2.75) is 25.9 Å². The summed E-state index contributed by atoms with van der Waals surface area (Å²) >= 11 is 1.30. The van der Waals surface area contributed by atoms with Crippen LogP contribution in [-0.2, 0) is 4.74 Å². The molecule has 0 radical (unpaired) electrons. The molecule has 23 heavy (non-hydrogen) atoms. The van der Waals surface area contributed by atoms with Crippen molar-refractivity contribution in [3.8, 4) is 6.07 Å². The second-order valence-corrected chi connectivity index (χ2v) is 6.25. The van der Waals surface area contributed by atoms with Crippen molar-refractivity contribution < 1.29 is 9.53 Å². The monoisotopic (exact) mass is 328 g/mol. The lowest BCUT2D eigenvalue weighted by Crippen LogP contribution is -2.41. The summed E-state index contributed by atoms with van der Waals surface area (Å²) in [5, 5.41) is 8.99. The molecule has 1 saturated heterocycles. The lowest BCUT2D eigenvalue weighted by atomic mass is 10.1. The molecule has 2 aromatic rings.